The van der Waals surface area contributed by atoms with Crippen molar-refractivity contribution in [1.82, 2.24) is 5.32 Å². The molecule has 2 aromatic rings. The zero-order valence-corrected chi connectivity index (χ0v) is 13.3. The molecule has 102 valence electrons. The summed E-state index contributed by atoms with van der Waals surface area (Å²) in [6.45, 7) is 5.16. The van der Waals surface area contributed by atoms with Crippen LogP contribution in [0.5, 0.6) is 0 Å². The lowest BCUT2D eigenvalue weighted by molar-refractivity contribution is 0.416. The summed E-state index contributed by atoms with van der Waals surface area (Å²) in [6.07, 6.45) is 0. The molecule has 1 aromatic carbocycles. The second-order valence-corrected chi connectivity index (χ2v) is 6.68. The fourth-order valence-corrected chi connectivity index (χ4v) is 3.38. The summed E-state index contributed by atoms with van der Waals surface area (Å²) in [6, 6.07) is 10.2. The van der Waals surface area contributed by atoms with Crippen molar-refractivity contribution in [3.8, 4) is 0 Å². The molecule has 1 aromatic heterocycles. The average Bonchev–Trinajstić information content (AvgIpc) is 2.87. The van der Waals surface area contributed by atoms with E-state index in [1.807, 2.05) is 18.2 Å². The molecule has 0 spiro atoms. The Labute approximate surface area is 128 Å². The molecular weight excluding hydrogens is 297 g/mol. The number of rotatable bonds is 5. The van der Waals surface area contributed by atoms with Gasteiger partial charge in [0.05, 0.1) is 0 Å². The van der Waals surface area contributed by atoms with Gasteiger partial charge in [-0.2, -0.15) is 0 Å². The van der Waals surface area contributed by atoms with Gasteiger partial charge < -0.3 is 5.32 Å². The van der Waals surface area contributed by atoms with E-state index in [4.69, 9.17) is 23.2 Å². The maximum Gasteiger partial charge on any atom is 0.0451 e. The summed E-state index contributed by atoms with van der Waals surface area (Å²) >= 11 is 14.0. The highest BCUT2D eigenvalue weighted by Gasteiger charge is 2.16. The number of nitrogens with one attached hydrogen (secondary N) is 1. The van der Waals surface area contributed by atoms with E-state index in [2.05, 4.69) is 36.7 Å². The molecule has 0 saturated heterocycles. The Morgan fingerprint density at radius 1 is 1.21 bits per heavy atom. The average molecular weight is 314 g/mol. The SMILES string of the molecule is CC(C)C(NCc1cc(Cl)ccc1Cl)c1cccs1. The first-order valence-corrected chi connectivity index (χ1v) is 7.92. The normalized spacial score (nSPS) is 12.9. The molecule has 19 heavy (non-hydrogen) atoms. The Bertz CT molecular complexity index is 523. The Morgan fingerprint density at radius 3 is 2.63 bits per heavy atom. The second-order valence-electron chi connectivity index (χ2n) is 4.85. The van der Waals surface area contributed by atoms with Gasteiger partial charge in [0.2, 0.25) is 0 Å². The van der Waals surface area contributed by atoms with Crippen LogP contribution >= 0.6 is 34.5 Å². The van der Waals surface area contributed by atoms with Crippen molar-refractivity contribution in [1.29, 1.82) is 0 Å². The molecule has 4 heteroatoms. The molecule has 1 N–H and O–H groups in total. The summed E-state index contributed by atoms with van der Waals surface area (Å²) in [5.41, 5.74) is 1.04. The fourth-order valence-electron chi connectivity index (χ4n) is 2.03. The minimum Gasteiger partial charge on any atom is -0.305 e. The quantitative estimate of drug-likeness (QED) is 0.764. The summed E-state index contributed by atoms with van der Waals surface area (Å²) in [7, 11) is 0. The topological polar surface area (TPSA) is 12.0 Å². The minimum absolute atomic E-state index is 0.343. The minimum atomic E-state index is 0.343. The van der Waals surface area contributed by atoms with Gasteiger partial charge in [-0.25, -0.2) is 0 Å². The van der Waals surface area contributed by atoms with Crippen LogP contribution in [0.25, 0.3) is 0 Å². The molecule has 1 heterocycles. The standard InChI is InChI=1S/C15H17Cl2NS/c1-10(2)15(14-4-3-7-19-14)18-9-11-8-12(16)5-6-13(11)17/h3-8,10,15,18H,9H2,1-2H3. The number of hydrogen-bond donors (Lipinski definition) is 1. The van der Waals surface area contributed by atoms with Gasteiger partial charge in [-0.1, -0.05) is 43.1 Å². The smallest absolute Gasteiger partial charge is 0.0451 e. The van der Waals surface area contributed by atoms with Crippen molar-refractivity contribution in [3.05, 3.63) is 56.2 Å². The third-order valence-electron chi connectivity index (χ3n) is 3.04. The Kier molecular flexibility index (Phi) is 5.28. The van der Waals surface area contributed by atoms with Crippen LogP contribution in [-0.4, -0.2) is 0 Å². The van der Waals surface area contributed by atoms with Crippen molar-refractivity contribution in [2.75, 3.05) is 0 Å². The Hall–Kier alpha value is -0.540. The summed E-state index contributed by atoms with van der Waals surface area (Å²) in [5, 5.41) is 7.16. The van der Waals surface area contributed by atoms with Crippen LogP contribution in [0.4, 0.5) is 0 Å². The molecular formula is C15H17Cl2NS. The predicted molar refractivity (Wildman–Crippen MR) is 85.2 cm³/mol. The molecule has 0 aliphatic carbocycles. The molecule has 0 radical (unpaired) electrons. The monoisotopic (exact) mass is 313 g/mol. The zero-order chi connectivity index (χ0) is 13.8. The maximum absolute atomic E-state index is 6.19. The number of hydrogen-bond acceptors (Lipinski definition) is 2. The molecule has 0 fully saturated rings. The van der Waals surface area contributed by atoms with E-state index in [9.17, 15) is 0 Å². The summed E-state index contributed by atoms with van der Waals surface area (Å²) < 4.78 is 0. The second kappa shape index (κ2) is 6.76. The van der Waals surface area contributed by atoms with E-state index < -0.39 is 0 Å². The third kappa shape index (κ3) is 3.96. The van der Waals surface area contributed by atoms with Gasteiger partial charge in [0, 0.05) is 27.5 Å². The largest absolute Gasteiger partial charge is 0.305 e. The van der Waals surface area contributed by atoms with Crippen LogP contribution < -0.4 is 5.32 Å². The van der Waals surface area contributed by atoms with Gasteiger partial charge in [-0.3, -0.25) is 0 Å². The number of halogens is 2. The molecule has 2 rings (SSSR count). The first-order valence-electron chi connectivity index (χ1n) is 6.28. The van der Waals surface area contributed by atoms with Crippen molar-refractivity contribution in [3.63, 3.8) is 0 Å². The Balaban J connectivity index is 2.09. The van der Waals surface area contributed by atoms with Gasteiger partial charge in [0.1, 0.15) is 0 Å². The third-order valence-corrected chi connectivity index (χ3v) is 4.60. The van der Waals surface area contributed by atoms with Crippen LogP contribution in [-0.2, 0) is 6.54 Å². The highest BCUT2D eigenvalue weighted by Crippen LogP contribution is 2.27. The van der Waals surface area contributed by atoms with Gasteiger partial charge in [0.25, 0.3) is 0 Å². The molecule has 0 amide bonds. The van der Waals surface area contributed by atoms with Gasteiger partial charge >= 0.3 is 0 Å². The van der Waals surface area contributed by atoms with E-state index in [-0.39, 0.29) is 0 Å². The molecule has 0 aliphatic heterocycles. The van der Waals surface area contributed by atoms with E-state index in [1.165, 1.54) is 4.88 Å². The van der Waals surface area contributed by atoms with Crippen molar-refractivity contribution in [2.24, 2.45) is 5.92 Å². The molecule has 1 unspecified atom stereocenters. The van der Waals surface area contributed by atoms with E-state index >= 15 is 0 Å². The van der Waals surface area contributed by atoms with Crippen molar-refractivity contribution in [2.45, 2.75) is 26.4 Å². The van der Waals surface area contributed by atoms with E-state index in [0.717, 1.165) is 22.2 Å². The van der Waals surface area contributed by atoms with Crippen LogP contribution in [0.3, 0.4) is 0 Å². The van der Waals surface area contributed by atoms with Gasteiger partial charge in [-0.15, -0.1) is 11.3 Å². The summed E-state index contributed by atoms with van der Waals surface area (Å²) in [4.78, 5) is 1.35. The number of benzene rings is 1. The van der Waals surface area contributed by atoms with Crippen molar-refractivity contribution < 1.29 is 0 Å². The highest BCUT2D eigenvalue weighted by atomic mass is 35.5. The predicted octanol–water partition coefficient (Wildman–Crippen LogP) is 5.54. The van der Waals surface area contributed by atoms with Crippen LogP contribution in [0, 0.1) is 5.92 Å². The highest BCUT2D eigenvalue weighted by molar-refractivity contribution is 7.10. The van der Waals surface area contributed by atoms with Crippen LogP contribution in [0.2, 0.25) is 10.0 Å². The Morgan fingerprint density at radius 2 is 2.00 bits per heavy atom. The van der Waals surface area contributed by atoms with E-state index in [0.29, 0.717) is 12.0 Å². The van der Waals surface area contributed by atoms with Gasteiger partial charge in [-0.05, 0) is 41.1 Å². The lowest BCUT2D eigenvalue weighted by atomic mass is 10.0. The molecule has 1 nitrogen and oxygen atoms in total. The molecule has 0 aliphatic rings. The number of thiophene rings is 1. The van der Waals surface area contributed by atoms with Crippen molar-refractivity contribution >= 4 is 34.5 Å². The first-order chi connectivity index (χ1) is 9.08. The van der Waals surface area contributed by atoms with Crippen LogP contribution in [0.1, 0.15) is 30.3 Å². The van der Waals surface area contributed by atoms with Gasteiger partial charge in [0.15, 0.2) is 0 Å². The molecule has 0 saturated carbocycles. The maximum atomic E-state index is 6.19. The lowest BCUT2D eigenvalue weighted by Gasteiger charge is -2.21. The zero-order valence-electron chi connectivity index (χ0n) is 11.0. The fraction of sp³-hybridized carbons (Fsp3) is 0.333. The van der Waals surface area contributed by atoms with Crippen LogP contribution in [0.15, 0.2) is 35.7 Å². The lowest BCUT2D eigenvalue weighted by Crippen LogP contribution is -2.24. The molecule has 1 atom stereocenters. The first kappa shape index (κ1) is 14.9. The summed E-state index contributed by atoms with van der Waals surface area (Å²) in [5.74, 6) is 0.525. The molecule has 0 bridgehead atoms. The van der Waals surface area contributed by atoms with E-state index in [1.54, 1.807) is 11.3 Å².